The van der Waals surface area contributed by atoms with Crippen LogP contribution < -0.4 is 15.4 Å². The summed E-state index contributed by atoms with van der Waals surface area (Å²) in [6.07, 6.45) is 3.13. The van der Waals surface area contributed by atoms with Crippen LogP contribution in [0.2, 0.25) is 0 Å². The fourth-order valence-electron chi connectivity index (χ4n) is 3.74. The molecule has 8 heteroatoms. The van der Waals surface area contributed by atoms with Gasteiger partial charge in [-0.2, -0.15) is 5.10 Å². The monoisotopic (exact) mass is 382 g/mol. The van der Waals surface area contributed by atoms with Crippen molar-refractivity contribution in [1.82, 2.24) is 24.9 Å². The topological polar surface area (TPSA) is 76.4 Å². The summed E-state index contributed by atoms with van der Waals surface area (Å²) in [5, 5.41) is 11.1. The van der Waals surface area contributed by atoms with Gasteiger partial charge in [-0.1, -0.05) is 0 Å². The fourth-order valence-corrected chi connectivity index (χ4v) is 3.74. The second-order valence-corrected chi connectivity index (χ2v) is 7.63. The zero-order valence-corrected chi connectivity index (χ0v) is 15.9. The first kappa shape index (κ1) is 17.4. The van der Waals surface area contributed by atoms with Gasteiger partial charge in [0, 0.05) is 25.1 Å². The smallest absolute Gasteiger partial charge is 0.157 e. The van der Waals surface area contributed by atoms with E-state index in [0.29, 0.717) is 24.8 Å². The number of nitrogens with one attached hydrogen (secondary N) is 2. The number of ether oxygens (including phenoxy) is 1. The second kappa shape index (κ2) is 6.70. The highest BCUT2D eigenvalue weighted by molar-refractivity contribution is 5.63. The molecule has 2 atom stereocenters. The maximum absolute atomic E-state index is 14.0. The summed E-state index contributed by atoms with van der Waals surface area (Å²) in [6, 6.07) is 5.59. The Labute approximate surface area is 162 Å². The average Bonchev–Trinajstić information content (AvgIpc) is 3.33. The largest absolute Gasteiger partial charge is 0.495 e. The summed E-state index contributed by atoms with van der Waals surface area (Å²) in [6.45, 7) is 2.97. The lowest BCUT2D eigenvalue weighted by molar-refractivity contribution is 0.342. The minimum atomic E-state index is -0.920. The van der Waals surface area contributed by atoms with Crippen LogP contribution in [-0.4, -0.2) is 52.0 Å². The summed E-state index contributed by atoms with van der Waals surface area (Å²) in [4.78, 5) is 9.21. The van der Waals surface area contributed by atoms with Gasteiger partial charge in [-0.3, -0.25) is 0 Å². The highest BCUT2D eigenvalue weighted by atomic mass is 19.1. The van der Waals surface area contributed by atoms with Gasteiger partial charge >= 0.3 is 0 Å². The molecule has 5 rings (SSSR count). The van der Waals surface area contributed by atoms with E-state index in [1.54, 1.807) is 13.3 Å². The summed E-state index contributed by atoms with van der Waals surface area (Å²) in [5.41, 5.74) is 4.30. The molecule has 7 nitrogen and oxygen atoms in total. The Kier molecular flexibility index (Phi) is 4.16. The first-order valence-corrected chi connectivity index (χ1v) is 9.65. The van der Waals surface area contributed by atoms with Crippen molar-refractivity contribution in [3.8, 4) is 17.1 Å². The number of rotatable bonds is 5. The van der Waals surface area contributed by atoms with Gasteiger partial charge < -0.3 is 15.4 Å². The molecule has 2 fully saturated rings. The molecule has 4 heterocycles. The van der Waals surface area contributed by atoms with E-state index in [-0.39, 0.29) is 6.04 Å². The van der Waals surface area contributed by atoms with E-state index < -0.39 is 6.17 Å². The lowest BCUT2D eigenvalue weighted by Gasteiger charge is -2.16. The third kappa shape index (κ3) is 3.07. The van der Waals surface area contributed by atoms with Crippen LogP contribution in [0.1, 0.15) is 30.0 Å². The molecule has 2 aliphatic rings. The van der Waals surface area contributed by atoms with E-state index in [0.717, 1.165) is 46.9 Å². The SMILES string of the molecule is COc1cc2ncc(-c3cc(C)cc(NC4CNCC4F)n3)n2nc1C1CC1. The van der Waals surface area contributed by atoms with Crippen LogP contribution in [0, 0.1) is 6.92 Å². The van der Waals surface area contributed by atoms with Gasteiger partial charge in [0.15, 0.2) is 5.65 Å². The van der Waals surface area contributed by atoms with E-state index in [9.17, 15) is 4.39 Å². The number of methoxy groups -OCH3 is 1. The molecule has 0 radical (unpaired) electrons. The molecule has 3 aromatic rings. The Hall–Kier alpha value is -2.74. The van der Waals surface area contributed by atoms with E-state index in [4.69, 9.17) is 14.8 Å². The second-order valence-electron chi connectivity index (χ2n) is 7.63. The van der Waals surface area contributed by atoms with Gasteiger partial charge in [-0.05, 0) is 37.5 Å². The number of anilines is 1. The zero-order chi connectivity index (χ0) is 19.3. The van der Waals surface area contributed by atoms with Crippen molar-refractivity contribution in [2.24, 2.45) is 0 Å². The molecule has 2 unspecified atom stereocenters. The third-order valence-corrected chi connectivity index (χ3v) is 5.37. The first-order valence-electron chi connectivity index (χ1n) is 9.65. The maximum Gasteiger partial charge on any atom is 0.157 e. The van der Waals surface area contributed by atoms with Gasteiger partial charge in [0.2, 0.25) is 0 Å². The van der Waals surface area contributed by atoms with Crippen LogP contribution in [0.15, 0.2) is 24.4 Å². The van der Waals surface area contributed by atoms with Gasteiger partial charge in [-0.25, -0.2) is 18.9 Å². The van der Waals surface area contributed by atoms with Gasteiger partial charge in [0.25, 0.3) is 0 Å². The number of hydrogen-bond donors (Lipinski definition) is 2. The number of halogens is 1. The number of nitrogens with zero attached hydrogens (tertiary/aromatic N) is 4. The van der Waals surface area contributed by atoms with Crippen molar-refractivity contribution in [1.29, 1.82) is 0 Å². The minimum absolute atomic E-state index is 0.270. The first-order chi connectivity index (χ1) is 13.6. The van der Waals surface area contributed by atoms with Crippen LogP contribution in [0.4, 0.5) is 10.2 Å². The molecule has 146 valence electrons. The predicted molar refractivity (Wildman–Crippen MR) is 105 cm³/mol. The van der Waals surface area contributed by atoms with E-state index in [1.807, 2.05) is 29.6 Å². The lowest BCUT2D eigenvalue weighted by atomic mass is 10.2. The normalized spacial score (nSPS) is 22.0. The van der Waals surface area contributed by atoms with Gasteiger partial charge in [0.1, 0.15) is 29.1 Å². The van der Waals surface area contributed by atoms with Crippen molar-refractivity contribution >= 4 is 11.5 Å². The Balaban J connectivity index is 1.55. The van der Waals surface area contributed by atoms with Gasteiger partial charge in [-0.15, -0.1) is 0 Å². The quantitative estimate of drug-likeness (QED) is 0.707. The number of pyridine rings is 1. The Bertz CT molecular complexity index is 1030. The van der Waals surface area contributed by atoms with Crippen molar-refractivity contribution in [3.05, 3.63) is 35.7 Å². The Morgan fingerprint density at radius 1 is 1.25 bits per heavy atom. The van der Waals surface area contributed by atoms with Crippen LogP contribution in [0.3, 0.4) is 0 Å². The van der Waals surface area contributed by atoms with Crippen molar-refractivity contribution in [3.63, 3.8) is 0 Å². The van der Waals surface area contributed by atoms with Gasteiger partial charge in [0.05, 0.1) is 25.0 Å². The zero-order valence-electron chi connectivity index (χ0n) is 15.9. The lowest BCUT2D eigenvalue weighted by Crippen LogP contribution is -2.29. The van der Waals surface area contributed by atoms with Crippen LogP contribution in [0.25, 0.3) is 17.0 Å². The van der Waals surface area contributed by atoms with E-state index >= 15 is 0 Å². The highest BCUT2D eigenvalue weighted by Crippen LogP contribution is 2.43. The standard InChI is InChI=1S/C20H23FN6O/c1-11-5-14(24-18(6-11)25-15-9-22-8-13(15)21)16-10-23-19-7-17(28-2)20(12-3-4-12)26-27(16)19/h5-7,10,12-13,15,22H,3-4,8-9H2,1-2H3,(H,24,25). The summed E-state index contributed by atoms with van der Waals surface area (Å²) < 4.78 is 21.3. The highest BCUT2D eigenvalue weighted by Gasteiger charge is 2.30. The molecule has 3 aromatic heterocycles. The number of imidazole rings is 1. The van der Waals surface area contributed by atoms with E-state index in [1.165, 1.54) is 0 Å². The molecule has 1 saturated heterocycles. The van der Waals surface area contributed by atoms with Crippen LogP contribution in [-0.2, 0) is 0 Å². The molecular formula is C20H23FN6O. The summed E-state index contributed by atoms with van der Waals surface area (Å²) in [5.74, 6) is 1.90. The van der Waals surface area contributed by atoms with E-state index in [2.05, 4.69) is 15.6 Å². The minimum Gasteiger partial charge on any atom is -0.495 e. The number of aryl methyl sites for hydroxylation is 1. The Morgan fingerprint density at radius 3 is 2.82 bits per heavy atom. The maximum atomic E-state index is 14.0. The number of alkyl halides is 1. The fraction of sp³-hybridized carbons (Fsp3) is 0.450. The summed E-state index contributed by atoms with van der Waals surface area (Å²) >= 11 is 0. The van der Waals surface area contributed by atoms with Crippen molar-refractivity contribution < 1.29 is 9.13 Å². The molecule has 0 aromatic carbocycles. The van der Waals surface area contributed by atoms with Crippen molar-refractivity contribution in [2.75, 3.05) is 25.5 Å². The average molecular weight is 382 g/mol. The van der Waals surface area contributed by atoms with Crippen molar-refractivity contribution in [2.45, 2.75) is 37.9 Å². The van der Waals surface area contributed by atoms with Crippen LogP contribution >= 0.6 is 0 Å². The number of hydrogen-bond acceptors (Lipinski definition) is 6. The number of aromatic nitrogens is 4. The molecule has 2 N–H and O–H groups in total. The molecule has 0 amide bonds. The Morgan fingerprint density at radius 2 is 2.11 bits per heavy atom. The molecule has 1 saturated carbocycles. The summed E-state index contributed by atoms with van der Waals surface area (Å²) in [7, 11) is 1.67. The molecule has 0 bridgehead atoms. The molecule has 1 aliphatic carbocycles. The molecule has 1 aliphatic heterocycles. The molecule has 28 heavy (non-hydrogen) atoms. The van der Waals surface area contributed by atoms with Crippen LogP contribution in [0.5, 0.6) is 5.75 Å². The number of fused-ring (bicyclic) bond motifs is 1. The molecule has 0 spiro atoms. The third-order valence-electron chi connectivity index (χ3n) is 5.37. The molecular weight excluding hydrogens is 359 g/mol. The predicted octanol–water partition coefficient (Wildman–Crippen LogP) is 2.71.